The lowest BCUT2D eigenvalue weighted by atomic mass is 10.0. The molecular formula is C16H19N3OS. The fraction of sp³-hybridized carbons (Fsp3) is 0.375. The van der Waals surface area contributed by atoms with Gasteiger partial charge >= 0.3 is 0 Å². The maximum Gasteiger partial charge on any atom is 0.296 e. The number of aryl methyl sites for hydroxylation is 1. The van der Waals surface area contributed by atoms with Gasteiger partial charge in [0.1, 0.15) is 5.52 Å². The maximum absolute atomic E-state index is 5.76. The molecule has 21 heavy (non-hydrogen) atoms. The Morgan fingerprint density at radius 1 is 1.19 bits per heavy atom. The van der Waals surface area contributed by atoms with Crippen molar-refractivity contribution in [1.82, 2.24) is 9.97 Å². The van der Waals surface area contributed by atoms with Gasteiger partial charge in [0, 0.05) is 5.38 Å². The van der Waals surface area contributed by atoms with Crippen LogP contribution in [0.15, 0.2) is 28.0 Å². The van der Waals surface area contributed by atoms with Gasteiger partial charge in [-0.25, -0.2) is 4.98 Å². The lowest BCUT2D eigenvalue weighted by Crippen LogP contribution is -2.07. The molecule has 5 heteroatoms. The number of fused-ring (bicyclic) bond motifs is 1. The van der Waals surface area contributed by atoms with Gasteiger partial charge in [0.15, 0.2) is 5.58 Å². The molecule has 1 atom stereocenters. The molecule has 2 heterocycles. The highest BCUT2D eigenvalue weighted by molar-refractivity contribution is 7.09. The van der Waals surface area contributed by atoms with E-state index in [9.17, 15) is 0 Å². The van der Waals surface area contributed by atoms with Gasteiger partial charge in [-0.05, 0) is 37.5 Å². The number of aromatic nitrogens is 2. The van der Waals surface area contributed by atoms with E-state index in [0.717, 1.165) is 21.8 Å². The first-order valence-corrected chi connectivity index (χ1v) is 8.00. The predicted molar refractivity (Wildman–Crippen MR) is 87.0 cm³/mol. The van der Waals surface area contributed by atoms with E-state index in [0.29, 0.717) is 11.9 Å². The number of rotatable bonds is 4. The Bertz CT molecular complexity index is 760. The number of nitrogens with one attached hydrogen (secondary N) is 1. The molecule has 0 radical (unpaired) electrons. The Morgan fingerprint density at radius 3 is 2.67 bits per heavy atom. The summed E-state index contributed by atoms with van der Waals surface area (Å²) in [6, 6.07) is 6.79. The van der Waals surface area contributed by atoms with E-state index >= 15 is 0 Å². The van der Waals surface area contributed by atoms with Gasteiger partial charge in [0.25, 0.3) is 6.01 Å². The van der Waals surface area contributed by atoms with Gasteiger partial charge in [-0.15, -0.1) is 11.3 Å². The van der Waals surface area contributed by atoms with Crippen LogP contribution in [-0.2, 0) is 0 Å². The van der Waals surface area contributed by atoms with Crippen LogP contribution < -0.4 is 5.32 Å². The van der Waals surface area contributed by atoms with Gasteiger partial charge in [-0.3, -0.25) is 0 Å². The summed E-state index contributed by atoms with van der Waals surface area (Å²) in [6.45, 7) is 8.41. The third kappa shape index (κ3) is 2.93. The molecular weight excluding hydrogens is 282 g/mol. The van der Waals surface area contributed by atoms with Gasteiger partial charge < -0.3 is 9.73 Å². The van der Waals surface area contributed by atoms with Crippen LogP contribution in [-0.4, -0.2) is 9.97 Å². The number of benzene rings is 1. The Balaban J connectivity index is 1.84. The Morgan fingerprint density at radius 2 is 2.00 bits per heavy atom. The minimum absolute atomic E-state index is 0.0765. The summed E-state index contributed by atoms with van der Waals surface area (Å²) in [5, 5.41) is 6.41. The van der Waals surface area contributed by atoms with Crippen molar-refractivity contribution >= 4 is 28.5 Å². The first-order valence-electron chi connectivity index (χ1n) is 7.12. The fourth-order valence-corrected chi connectivity index (χ4v) is 2.91. The highest BCUT2D eigenvalue weighted by Crippen LogP contribution is 2.26. The molecule has 3 rings (SSSR count). The number of hydrogen-bond donors (Lipinski definition) is 1. The number of anilines is 1. The van der Waals surface area contributed by atoms with E-state index in [1.165, 1.54) is 5.56 Å². The zero-order chi connectivity index (χ0) is 15.0. The SMILES string of the molecule is Cc1nc(C(C)Nc2nc3cc(C(C)C)ccc3o2)cs1. The van der Waals surface area contributed by atoms with Crippen molar-refractivity contribution < 1.29 is 4.42 Å². The summed E-state index contributed by atoms with van der Waals surface area (Å²) >= 11 is 1.65. The van der Waals surface area contributed by atoms with Crippen LogP contribution in [0, 0.1) is 6.92 Å². The summed E-state index contributed by atoms with van der Waals surface area (Å²) in [5.74, 6) is 0.486. The molecule has 0 amide bonds. The van der Waals surface area contributed by atoms with Gasteiger partial charge in [-0.2, -0.15) is 4.98 Å². The third-order valence-corrected chi connectivity index (χ3v) is 4.29. The second kappa shape index (κ2) is 5.48. The van der Waals surface area contributed by atoms with Crippen LogP contribution in [0.3, 0.4) is 0 Å². The number of oxazole rings is 1. The van der Waals surface area contributed by atoms with Crippen LogP contribution in [0.1, 0.15) is 49.0 Å². The molecule has 0 aliphatic carbocycles. The number of nitrogens with zero attached hydrogens (tertiary/aromatic N) is 2. The molecule has 0 bridgehead atoms. The lowest BCUT2D eigenvalue weighted by molar-refractivity contribution is 0.602. The average molecular weight is 301 g/mol. The molecule has 0 aliphatic rings. The van der Waals surface area contributed by atoms with Crippen molar-refractivity contribution in [2.75, 3.05) is 5.32 Å². The van der Waals surface area contributed by atoms with E-state index in [2.05, 4.69) is 53.6 Å². The van der Waals surface area contributed by atoms with Crippen LogP contribution in [0.2, 0.25) is 0 Å². The molecule has 1 unspecified atom stereocenters. The molecule has 0 spiro atoms. The van der Waals surface area contributed by atoms with E-state index in [1.54, 1.807) is 11.3 Å². The van der Waals surface area contributed by atoms with Crippen molar-refractivity contribution in [3.05, 3.63) is 39.8 Å². The van der Waals surface area contributed by atoms with Crippen molar-refractivity contribution in [2.45, 2.75) is 39.7 Å². The minimum atomic E-state index is 0.0765. The highest BCUT2D eigenvalue weighted by Gasteiger charge is 2.13. The molecule has 0 saturated carbocycles. The first kappa shape index (κ1) is 14.1. The lowest BCUT2D eigenvalue weighted by Gasteiger charge is -2.08. The molecule has 110 valence electrons. The molecule has 1 N–H and O–H groups in total. The monoisotopic (exact) mass is 301 g/mol. The maximum atomic E-state index is 5.76. The summed E-state index contributed by atoms with van der Waals surface area (Å²) in [5.41, 5.74) is 3.99. The molecule has 0 fully saturated rings. The van der Waals surface area contributed by atoms with Crippen molar-refractivity contribution in [1.29, 1.82) is 0 Å². The molecule has 0 saturated heterocycles. The smallest absolute Gasteiger partial charge is 0.296 e. The Hall–Kier alpha value is -1.88. The van der Waals surface area contributed by atoms with Crippen LogP contribution in [0.25, 0.3) is 11.1 Å². The van der Waals surface area contributed by atoms with E-state index in [4.69, 9.17) is 4.42 Å². The standard InChI is InChI=1S/C16H19N3OS/c1-9(2)12-5-6-15-13(7-12)19-16(20-15)17-10(3)14-8-21-11(4)18-14/h5-10H,1-4H3,(H,17,19). The van der Waals surface area contributed by atoms with Crippen LogP contribution >= 0.6 is 11.3 Å². The second-order valence-electron chi connectivity index (χ2n) is 5.56. The molecule has 1 aromatic carbocycles. The highest BCUT2D eigenvalue weighted by atomic mass is 32.1. The quantitative estimate of drug-likeness (QED) is 0.745. The second-order valence-corrected chi connectivity index (χ2v) is 6.62. The molecule has 2 aromatic heterocycles. The minimum Gasteiger partial charge on any atom is -0.424 e. The molecule has 4 nitrogen and oxygen atoms in total. The molecule has 0 aliphatic heterocycles. The Labute approximate surface area is 128 Å². The average Bonchev–Trinajstić information content (AvgIpc) is 3.03. The zero-order valence-corrected chi connectivity index (χ0v) is 13.5. The van der Waals surface area contributed by atoms with Gasteiger partial charge in [-0.1, -0.05) is 19.9 Å². The topological polar surface area (TPSA) is 51.0 Å². The first-order chi connectivity index (χ1) is 10.0. The summed E-state index contributed by atoms with van der Waals surface area (Å²) in [6.07, 6.45) is 0. The number of hydrogen-bond acceptors (Lipinski definition) is 5. The molecule has 3 aromatic rings. The van der Waals surface area contributed by atoms with Crippen molar-refractivity contribution in [2.24, 2.45) is 0 Å². The van der Waals surface area contributed by atoms with Crippen LogP contribution in [0.4, 0.5) is 6.01 Å². The van der Waals surface area contributed by atoms with Gasteiger partial charge in [0.05, 0.1) is 16.7 Å². The van der Waals surface area contributed by atoms with Crippen LogP contribution in [0.5, 0.6) is 0 Å². The third-order valence-electron chi connectivity index (χ3n) is 3.50. The summed E-state index contributed by atoms with van der Waals surface area (Å²) < 4.78 is 5.76. The fourth-order valence-electron chi connectivity index (χ4n) is 2.20. The number of thiazole rings is 1. The van der Waals surface area contributed by atoms with Crippen molar-refractivity contribution in [3.63, 3.8) is 0 Å². The summed E-state index contributed by atoms with van der Waals surface area (Å²) in [7, 11) is 0. The van der Waals surface area contributed by atoms with E-state index in [-0.39, 0.29) is 6.04 Å². The van der Waals surface area contributed by atoms with Crippen molar-refractivity contribution in [3.8, 4) is 0 Å². The largest absolute Gasteiger partial charge is 0.424 e. The zero-order valence-electron chi connectivity index (χ0n) is 12.7. The van der Waals surface area contributed by atoms with E-state index < -0.39 is 0 Å². The normalized spacial score (nSPS) is 13.0. The van der Waals surface area contributed by atoms with Gasteiger partial charge in [0.2, 0.25) is 0 Å². The summed E-state index contributed by atoms with van der Waals surface area (Å²) in [4.78, 5) is 9.01. The Kier molecular flexibility index (Phi) is 3.68. The predicted octanol–water partition coefficient (Wildman–Crippen LogP) is 4.89. The van der Waals surface area contributed by atoms with E-state index in [1.807, 2.05) is 13.0 Å².